The van der Waals surface area contributed by atoms with Crippen LogP contribution in [-0.4, -0.2) is 58.9 Å². The third-order valence-electron chi connectivity index (χ3n) is 6.93. The molecule has 5 nitrogen and oxygen atoms in total. The zero-order valence-electron chi connectivity index (χ0n) is 20.3. The molecule has 4 aromatic rings. The number of fused-ring (bicyclic) bond motifs is 5. The second-order valence-corrected chi connectivity index (χ2v) is 9.63. The number of hydrogen-bond donors (Lipinski definition) is 0. The summed E-state index contributed by atoms with van der Waals surface area (Å²) in [5.41, 5.74) is 6.30. The average Bonchev–Trinajstić information content (AvgIpc) is 3.52. The third-order valence-corrected chi connectivity index (χ3v) is 6.93. The second kappa shape index (κ2) is 10.3. The highest BCUT2D eigenvalue weighted by atomic mass is 32.1. The Morgan fingerprint density at radius 3 is 2.53 bits per heavy atom. The van der Waals surface area contributed by atoms with Crippen molar-refractivity contribution < 1.29 is 8.78 Å². The smallest absolute Gasteiger partial charge is 0.161 e. The van der Waals surface area contributed by atoms with Crippen LogP contribution in [0.4, 0.5) is 14.5 Å². The van der Waals surface area contributed by atoms with Gasteiger partial charge in [-0.15, -0.1) is 0 Å². The fourth-order valence-electron chi connectivity index (χ4n) is 5.31. The number of benzene rings is 2. The maximum atomic E-state index is 14.7. The SMILES string of the molecule is CN(C)C[C@H]1CN(c2ccc3c(c2)Cn2cc(-c4ccc(F)cc4)cc2-c2nccn2-3)C[C@H]1F.S.S. The summed E-state index contributed by atoms with van der Waals surface area (Å²) in [6.45, 7) is 2.58. The van der Waals surface area contributed by atoms with Gasteiger partial charge in [0.2, 0.25) is 0 Å². The lowest BCUT2D eigenvalue weighted by molar-refractivity contribution is 0.231. The van der Waals surface area contributed by atoms with Crippen LogP contribution < -0.4 is 4.90 Å². The van der Waals surface area contributed by atoms with E-state index in [0.29, 0.717) is 13.1 Å². The highest BCUT2D eigenvalue weighted by Gasteiger charge is 2.33. The Morgan fingerprint density at radius 1 is 1.00 bits per heavy atom. The number of alkyl halides is 1. The molecule has 0 spiro atoms. The summed E-state index contributed by atoms with van der Waals surface area (Å²) in [6, 6.07) is 15.1. The molecule has 4 heterocycles. The molecule has 1 saturated heterocycles. The minimum atomic E-state index is -0.823. The van der Waals surface area contributed by atoms with E-state index in [0.717, 1.165) is 52.7 Å². The fraction of sp³-hybridized carbons (Fsp3) is 0.296. The molecule has 0 bridgehead atoms. The molecule has 1 fully saturated rings. The molecular formula is C27H31F2N5S2. The molecule has 0 N–H and O–H groups in total. The number of hydrogen-bond acceptors (Lipinski definition) is 3. The zero-order valence-corrected chi connectivity index (χ0v) is 22.3. The first kappa shape index (κ1) is 26.3. The van der Waals surface area contributed by atoms with E-state index in [1.54, 1.807) is 12.1 Å². The Labute approximate surface area is 224 Å². The van der Waals surface area contributed by atoms with Crippen molar-refractivity contribution in [3.8, 4) is 28.3 Å². The van der Waals surface area contributed by atoms with E-state index in [9.17, 15) is 8.78 Å². The summed E-state index contributed by atoms with van der Waals surface area (Å²) < 4.78 is 32.5. The molecule has 2 aromatic heterocycles. The Balaban J connectivity index is 0.00000152. The normalized spacial score (nSPS) is 18.1. The molecule has 0 amide bonds. The van der Waals surface area contributed by atoms with Gasteiger partial charge in [0.05, 0.1) is 11.4 Å². The Kier molecular flexibility index (Phi) is 7.54. The number of halogens is 2. The van der Waals surface area contributed by atoms with Crippen LogP contribution in [0, 0.1) is 11.7 Å². The van der Waals surface area contributed by atoms with Gasteiger partial charge in [-0.25, -0.2) is 13.8 Å². The number of imidazole rings is 1. The summed E-state index contributed by atoms with van der Waals surface area (Å²) in [5, 5.41) is 0. The van der Waals surface area contributed by atoms with Gasteiger partial charge in [-0.1, -0.05) is 12.1 Å². The lowest BCUT2D eigenvalue weighted by Crippen LogP contribution is -2.28. The van der Waals surface area contributed by atoms with E-state index in [4.69, 9.17) is 0 Å². The molecule has 2 aliphatic rings. The van der Waals surface area contributed by atoms with Gasteiger partial charge in [0.25, 0.3) is 0 Å². The Hall–Kier alpha value is -2.75. The highest BCUT2D eigenvalue weighted by molar-refractivity contribution is 7.59. The van der Waals surface area contributed by atoms with Gasteiger partial charge < -0.3 is 14.4 Å². The van der Waals surface area contributed by atoms with Crippen LogP contribution in [0.2, 0.25) is 0 Å². The van der Waals surface area contributed by atoms with Gasteiger partial charge in [-0.3, -0.25) is 4.57 Å². The molecule has 0 aliphatic carbocycles. The van der Waals surface area contributed by atoms with Crippen molar-refractivity contribution in [2.75, 3.05) is 38.6 Å². The topological polar surface area (TPSA) is 29.2 Å². The van der Waals surface area contributed by atoms with Crippen molar-refractivity contribution in [3.63, 3.8) is 0 Å². The number of anilines is 1. The molecule has 190 valence electrons. The van der Waals surface area contributed by atoms with Crippen LogP contribution in [-0.2, 0) is 6.54 Å². The van der Waals surface area contributed by atoms with Crippen LogP contribution in [0.3, 0.4) is 0 Å². The molecule has 0 saturated carbocycles. The fourth-order valence-corrected chi connectivity index (χ4v) is 5.31. The van der Waals surface area contributed by atoms with Crippen molar-refractivity contribution >= 4 is 32.7 Å². The number of aromatic nitrogens is 3. The molecule has 0 unspecified atom stereocenters. The summed E-state index contributed by atoms with van der Waals surface area (Å²) in [5.74, 6) is 0.644. The Bertz CT molecular complexity index is 1350. The van der Waals surface area contributed by atoms with Gasteiger partial charge in [0.1, 0.15) is 12.0 Å². The van der Waals surface area contributed by atoms with E-state index < -0.39 is 6.17 Å². The maximum absolute atomic E-state index is 14.7. The van der Waals surface area contributed by atoms with Gasteiger partial charge in [-0.2, -0.15) is 27.0 Å². The summed E-state index contributed by atoms with van der Waals surface area (Å²) >= 11 is 0. The Morgan fingerprint density at radius 2 is 1.78 bits per heavy atom. The monoisotopic (exact) mass is 527 g/mol. The molecule has 2 atom stereocenters. The lowest BCUT2D eigenvalue weighted by atomic mass is 10.1. The molecular weight excluding hydrogens is 496 g/mol. The van der Waals surface area contributed by atoms with Gasteiger partial charge in [-0.05, 0) is 61.6 Å². The lowest BCUT2D eigenvalue weighted by Gasteiger charge is -2.21. The number of nitrogens with zero attached hydrogens (tertiary/aromatic N) is 5. The first-order chi connectivity index (χ1) is 16.5. The van der Waals surface area contributed by atoms with Crippen LogP contribution in [0.5, 0.6) is 0 Å². The van der Waals surface area contributed by atoms with E-state index in [2.05, 4.69) is 54.4 Å². The van der Waals surface area contributed by atoms with Crippen LogP contribution in [0.1, 0.15) is 5.56 Å². The number of rotatable bonds is 4. The van der Waals surface area contributed by atoms with Crippen molar-refractivity contribution in [1.82, 2.24) is 19.0 Å². The molecule has 6 rings (SSSR count). The standard InChI is InChI=1S/C27H27F2N5.2H2S/c1-31(2)13-21-16-32(17-24(21)29)23-7-8-25-20(11-23)15-33-14-19(18-3-5-22(28)6-4-18)12-26(33)27-30-9-10-34(25)27;;/h3-12,14,21,24H,13,15-17H2,1-2H3;2*1H2/t21-,24+;;/m0../s1. The van der Waals surface area contributed by atoms with E-state index in [-0.39, 0.29) is 38.7 Å². The second-order valence-electron chi connectivity index (χ2n) is 9.63. The molecule has 9 heteroatoms. The van der Waals surface area contributed by atoms with Crippen LogP contribution in [0.15, 0.2) is 67.1 Å². The zero-order chi connectivity index (χ0) is 23.4. The summed E-state index contributed by atoms with van der Waals surface area (Å²) in [7, 11) is 3.99. The molecule has 2 aromatic carbocycles. The van der Waals surface area contributed by atoms with E-state index in [1.165, 1.54) is 12.1 Å². The minimum absolute atomic E-state index is 0. The van der Waals surface area contributed by atoms with Crippen molar-refractivity contribution in [1.29, 1.82) is 0 Å². The highest BCUT2D eigenvalue weighted by Crippen LogP contribution is 2.36. The average molecular weight is 528 g/mol. The van der Waals surface area contributed by atoms with Crippen molar-refractivity contribution in [3.05, 3.63) is 78.5 Å². The van der Waals surface area contributed by atoms with Gasteiger partial charge >= 0.3 is 0 Å². The van der Waals surface area contributed by atoms with Crippen molar-refractivity contribution in [2.24, 2.45) is 5.92 Å². The van der Waals surface area contributed by atoms with Crippen LogP contribution in [0.25, 0.3) is 28.3 Å². The molecule has 36 heavy (non-hydrogen) atoms. The van der Waals surface area contributed by atoms with Crippen LogP contribution >= 0.6 is 27.0 Å². The first-order valence-electron chi connectivity index (χ1n) is 11.6. The summed E-state index contributed by atoms with van der Waals surface area (Å²) in [4.78, 5) is 8.87. The van der Waals surface area contributed by atoms with Gasteiger partial charge in [0, 0.05) is 61.9 Å². The first-order valence-corrected chi connectivity index (χ1v) is 11.6. The van der Waals surface area contributed by atoms with Gasteiger partial charge in [0.15, 0.2) is 5.82 Å². The minimum Gasteiger partial charge on any atom is -0.368 e. The predicted octanol–water partition coefficient (Wildman–Crippen LogP) is 5.07. The molecule has 2 aliphatic heterocycles. The maximum Gasteiger partial charge on any atom is 0.161 e. The predicted molar refractivity (Wildman–Crippen MR) is 151 cm³/mol. The summed E-state index contributed by atoms with van der Waals surface area (Å²) in [6.07, 6.45) is 5.07. The quantitative estimate of drug-likeness (QED) is 0.327. The largest absolute Gasteiger partial charge is 0.368 e. The molecule has 0 radical (unpaired) electrons. The van der Waals surface area contributed by atoms with E-state index >= 15 is 0 Å². The van der Waals surface area contributed by atoms with Crippen molar-refractivity contribution in [2.45, 2.75) is 12.7 Å². The third kappa shape index (κ3) is 4.67. The van der Waals surface area contributed by atoms with E-state index in [1.807, 2.05) is 26.5 Å².